The van der Waals surface area contributed by atoms with E-state index in [1.165, 1.54) is 0 Å². The number of halogens is 1. The molecule has 0 aromatic carbocycles. The molecule has 0 amide bonds. The lowest BCUT2D eigenvalue weighted by Gasteiger charge is -2.08. The minimum absolute atomic E-state index is 0.167. The number of aryl methyl sites for hydroxylation is 1. The molecule has 0 atom stereocenters. The van der Waals surface area contributed by atoms with E-state index in [1.807, 2.05) is 19.1 Å². The number of aromatic nitrogens is 1. The van der Waals surface area contributed by atoms with Gasteiger partial charge in [-0.05, 0) is 24.5 Å². The van der Waals surface area contributed by atoms with Crippen LogP contribution in [0.1, 0.15) is 25.3 Å². The summed E-state index contributed by atoms with van der Waals surface area (Å²) in [6, 6.07) is 1.87. The number of Topliss-reactive ketones (excluding diaryl/α,β-unsaturated/α-hetero) is 1. The number of hydrogen-bond donors (Lipinski definition) is 0. The van der Waals surface area contributed by atoms with E-state index in [9.17, 15) is 4.79 Å². The van der Waals surface area contributed by atoms with Gasteiger partial charge in [0.15, 0.2) is 16.7 Å². The van der Waals surface area contributed by atoms with Crippen molar-refractivity contribution in [1.82, 2.24) is 4.98 Å². The third kappa shape index (κ3) is 2.86. The predicted molar refractivity (Wildman–Crippen MR) is 66.4 cm³/mol. The van der Waals surface area contributed by atoms with Crippen LogP contribution in [0.4, 0.5) is 0 Å². The summed E-state index contributed by atoms with van der Waals surface area (Å²) in [5.74, 6) is 0.715. The fourth-order valence-corrected chi connectivity index (χ4v) is 1.87. The summed E-state index contributed by atoms with van der Waals surface area (Å²) in [6.07, 6.45) is 5.95. The average Bonchev–Trinajstić information content (AvgIpc) is 2.74. The van der Waals surface area contributed by atoms with Crippen molar-refractivity contribution in [3.8, 4) is 5.75 Å². The van der Waals surface area contributed by atoms with Gasteiger partial charge in [-0.25, -0.2) is 4.98 Å². The van der Waals surface area contributed by atoms with Gasteiger partial charge in [-0.2, -0.15) is 0 Å². The minimum atomic E-state index is 0.167. The smallest absolute Gasteiger partial charge is 0.171 e. The third-order valence-electron chi connectivity index (χ3n) is 2.78. The van der Waals surface area contributed by atoms with Gasteiger partial charge < -0.3 is 4.74 Å². The highest BCUT2D eigenvalue weighted by Crippen LogP contribution is 2.24. The molecule has 4 heteroatoms. The SMILES string of the molecule is CCc1cnc(Cl)c(OCC2=CCCC2=O)c1. The summed E-state index contributed by atoms with van der Waals surface area (Å²) < 4.78 is 5.55. The van der Waals surface area contributed by atoms with Crippen molar-refractivity contribution in [2.24, 2.45) is 0 Å². The molecule has 17 heavy (non-hydrogen) atoms. The normalized spacial score (nSPS) is 14.9. The molecule has 90 valence electrons. The fraction of sp³-hybridized carbons (Fsp3) is 0.385. The second-order valence-corrected chi connectivity index (χ2v) is 4.32. The Balaban J connectivity index is 2.05. The number of pyridine rings is 1. The Kier molecular flexibility index (Phi) is 3.79. The number of ether oxygens (including phenoxy) is 1. The zero-order valence-corrected chi connectivity index (χ0v) is 10.5. The van der Waals surface area contributed by atoms with Crippen molar-refractivity contribution < 1.29 is 9.53 Å². The van der Waals surface area contributed by atoms with Gasteiger partial charge in [-0.15, -0.1) is 0 Å². The molecule has 1 heterocycles. The number of allylic oxidation sites excluding steroid dienone is 1. The lowest BCUT2D eigenvalue weighted by Crippen LogP contribution is -2.07. The first-order chi connectivity index (χ1) is 8.20. The molecule has 3 nitrogen and oxygen atoms in total. The Morgan fingerprint density at radius 3 is 3.00 bits per heavy atom. The first-order valence-electron chi connectivity index (χ1n) is 5.70. The summed E-state index contributed by atoms with van der Waals surface area (Å²) >= 11 is 5.93. The van der Waals surface area contributed by atoms with Crippen LogP contribution in [-0.2, 0) is 11.2 Å². The van der Waals surface area contributed by atoms with Gasteiger partial charge in [-0.3, -0.25) is 4.79 Å². The fourth-order valence-electron chi connectivity index (χ4n) is 1.71. The second kappa shape index (κ2) is 5.32. The van der Waals surface area contributed by atoms with E-state index in [0.717, 1.165) is 24.0 Å². The van der Waals surface area contributed by atoms with Crippen LogP contribution in [0.2, 0.25) is 5.15 Å². The van der Waals surface area contributed by atoms with E-state index in [2.05, 4.69) is 4.98 Å². The largest absolute Gasteiger partial charge is 0.486 e. The van der Waals surface area contributed by atoms with E-state index in [0.29, 0.717) is 17.3 Å². The van der Waals surface area contributed by atoms with Crippen LogP contribution in [0.5, 0.6) is 5.75 Å². The van der Waals surface area contributed by atoms with Crippen molar-refractivity contribution in [3.63, 3.8) is 0 Å². The van der Waals surface area contributed by atoms with Crippen LogP contribution in [0.3, 0.4) is 0 Å². The van der Waals surface area contributed by atoms with Crippen molar-refractivity contribution in [1.29, 1.82) is 0 Å². The summed E-state index contributed by atoms with van der Waals surface area (Å²) in [4.78, 5) is 15.5. The van der Waals surface area contributed by atoms with Crippen molar-refractivity contribution in [3.05, 3.63) is 34.6 Å². The van der Waals surface area contributed by atoms with Crippen LogP contribution in [-0.4, -0.2) is 17.4 Å². The molecule has 0 aliphatic heterocycles. The number of ketones is 1. The van der Waals surface area contributed by atoms with Crippen LogP contribution in [0, 0.1) is 0 Å². The molecule has 2 rings (SSSR count). The van der Waals surface area contributed by atoms with E-state index in [1.54, 1.807) is 6.20 Å². The van der Waals surface area contributed by atoms with Gasteiger partial charge in [0.25, 0.3) is 0 Å². The van der Waals surface area contributed by atoms with E-state index < -0.39 is 0 Å². The Labute approximate surface area is 105 Å². The quantitative estimate of drug-likeness (QED) is 0.773. The zero-order valence-electron chi connectivity index (χ0n) is 9.70. The van der Waals surface area contributed by atoms with Gasteiger partial charge in [0, 0.05) is 18.2 Å². The van der Waals surface area contributed by atoms with Crippen LogP contribution in [0.25, 0.3) is 0 Å². The summed E-state index contributed by atoms with van der Waals surface area (Å²) in [6.45, 7) is 2.32. The van der Waals surface area contributed by atoms with Crippen LogP contribution >= 0.6 is 11.6 Å². The Bertz CT molecular complexity index is 468. The molecule has 0 N–H and O–H groups in total. The van der Waals surface area contributed by atoms with Crippen molar-refractivity contribution in [2.75, 3.05) is 6.61 Å². The molecule has 1 aromatic rings. The first kappa shape index (κ1) is 12.1. The Morgan fingerprint density at radius 1 is 1.53 bits per heavy atom. The van der Waals surface area contributed by atoms with Crippen molar-refractivity contribution in [2.45, 2.75) is 26.2 Å². The lowest BCUT2D eigenvalue weighted by molar-refractivity contribution is -0.115. The molecule has 1 aromatic heterocycles. The van der Waals surface area contributed by atoms with E-state index in [4.69, 9.17) is 16.3 Å². The molecule has 0 unspecified atom stereocenters. The Morgan fingerprint density at radius 2 is 2.35 bits per heavy atom. The summed E-state index contributed by atoms with van der Waals surface area (Å²) in [5, 5.41) is 0.341. The summed E-state index contributed by atoms with van der Waals surface area (Å²) in [7, 11) is 0. The van der Waals surface area contributed by atoms with Crippen LogP contribution < -0.4 is 4.74 Å². The molecule has 0 spiro atoms. The van der Waals surface area contributed by atoms with Gasteiger partial charge in [-0.1, -0.05) is 24.6 Å². The molecular weight excluding hydrogens is 238 g/mol. The van der Waals surface area contributed by atoms with Gasteiger partial charge in [0.05, 0.1) is 0 Å². The van der Waals surface area contributed by atoms with Gasteiger partial charge in [0.2, 0.25) is 0 Å². The summed E-state index contributed by atoms with van der Waals surface area (Å²) in [5.41, 5.74) is 1.80. The molecule has 0 fully saturated rings. The highest BCUT2D eigenvalue weighted by atomic mass is 35.5. The maximum Gasteiger partial charge on any atom is 0.171 e. The maximum atomic E-state index is 11.4. The molecule has 0 bridgehead atoms. The highest BCUT2D eigenvalue weighted by Gasteiger charge is 2.16. The minimum Gasteiger partial charge on any atom is -0.486 e. The second-order valence-electron chi connectivity index (χ2n) is 3.97. The number of carbonyl (C=O) groups excluding carboxylic acids is 1. The van der Waals surface area contributed by atoms with Crippen LogP contribution in [0.15, 0.2) is 23.9 Å². The molecule has 1 aliphatic rings. The zero-order chi connectivity index (χ0) is 12.3. The number of carbonyl (C=O) groups is 1. The van der Waals surface area contributed by atoms with E-state index in [-0.39, 0.29) is 12.4 Å². The molecule has 0 saturated heterocycles. The van der Waals surface area contributed by atoms with Crippen molar-refractivity contribution >= 4 is 17.4 Å². The van der Waals surface area contributed by atoms with Gasteiger partial charge >= 0.3 is 0 Å². The monoisotopic (exact) mass is 251 g/mol. The average molecular weight is 252 g/mol. The van der Waals surface area contributed by atoms with Gasteiger partial charge in [0.1, 0.15) is 6.61 Å². The molecule has 1 aliphatic carbocycles. The molecule has 0 radical (unpaired) electrons. The number of hydrogen-bond acceptors (Lipinski definition) is 3. The maximum absolute atomic E-state index is 11.4. The number of nitrogens with zero attached hydrogens (tertiary/aromatic N) is 1. The standard InChI is InChI=1S/C13H14ClNO2/c1-2-9-6-12(13(14)15-7-9)17-8-10-4-3-5-11(10)16/h4,6-7H,2-3,5,8H2,1H3. The highest BCUT2D eigenvalue weighted by molar-refractivity contribution is 6.30. The topological polar surface area (TPSA) is 39.2 Å². The van der Waals surface area contributed by atoms with E-state index >= 15 is 0 Å². The first-order valence-corrected chi connectivity index (χ1v) is 6.08. The third-order valence-corrected chi connectivity index (χ3v) is 3.06. The molecule has 0 saturated carbocycles. The Hall–Kier alpha value is -1.35. The number of rotatable bonds is 4. The predicted octanol–water partition coefficient (Wildman–Crippen LogP) is 2.97. The molecular formula is C13H14ClNO2. The lowest BCUT2D eigenvalue weighted by atomic mass is 10.2.